The van der Waals surface area contributed by atoms with E-state index in [1.165, 1.54) is 167 Å². The lowest BCUT2D eigenvalue weighted by Gasteiger charge is -2.22. The molecule has 0 aromatic rings. The number of rotatable bonds is 4. The van der Waals surface area contributed by atoms with Crippen molar-refractivity contribution in [3.05, 3.63) is 0 Å². The van der Waals surface area contributed by atoms with Crippen molar-refractivity contribution >= 4 is 0 Å². The summed E-state index contributed by atoms with van der Waals surface area (Å²) in [7, 11) is 0. The van der Waals surface area contributed by atoms with Crippen LogP contribution in [0.5, 0.6) is 0 Å². The topological polar surface area (TPSA) is 12.0 Å². The normalized spacial score (nSPS) is 24.8. The van der Waals surface area contributed by atoms with Crippen molar-refractivity contribution in [3.63, 3.8) is 0 Å². The van der Waals surface area contributed by atoms with Gasteiger partial charge in [0.25, 0.3) is 0 Å². The highest BCUT2D eigenvalue weighted by molar-refractivity contribution is 4.70. The van der Waals surface area contributed by atoms with Crippen LogP contribution in [0.15, 0.2) is 0 Å². The van der Waals surface area contributed by atoms with Gasteiger partial charge in [0, 0.05) is 6.04 Å². The molecule has 2 aliphatic carbocycles. The molecule has 0 atom stereocenters. The fourth-order valence-electron chi connectivity index (χ4n) is 5.75. The Balaban J connectivity index is 1.66. The van der Waals surface area contributed by atoms with E-state index in [1.54, 1.807) is 0 Å². The minimum atomic E-state index is 0.808. The molecule has 2 aliphatic rings. The zero-order chi connectivity index (χ0) is 20.2. The molecule has 2 fully saturated rings. The second-order valence-electron chi connectivity index (χ2n) is 10.5. The molecule has 2 saturated carbocycles. The van der Waals surface area contributed by atoms with Crippen LogP contribution >= 0.6 is 0 Å². The lowest BCUT2D eigenvalue weighted by molar-refractivity contribution is 0.352. The molecule has 172 valence electrons. The monoisotopic (exact) mass is 405 g/mol. The third kappa shape index (κ3) is 14.6. The molecule has 1 heteroatoms. The van der Waals surface area contributed by atoms with E-state index >= 15 is 0 Å². The minimum absolute atomic E-state index is 0.808. The third-order valence-corrected chi connectivity index (χ3v) is 7.82. The molecule has 0 aliphatic heterocycles. The number of nitrogens with one attached hydrogen (secondary N) is 1. The molecule has 0 unspecified atom stereocenters. The molecule has 2 rings (SSSR count). The molecule has 0 bridgehead atoms. The maximum Gasteiger partial charge on any atom is 0.00670 e. The maximum atomic E-state index is 4.04. The molecule has 1 N–H and O–H groups in total. The van der Waals surface area contributed by atoms with Crippen LogP contribution in [0, 0.1) is 5.92 Å². The van der Waals surface area contributed by atoms with Gasteiger partial charge in [-0.2, -0.15) is 0 Å². The number of hydrogen-bond acceptors (Lipinski definition) is 1. The second kappa shape index (κ2) is 18.7. The van der Waals surface area contributed by atoms with Gasteiger partial charge in [0.1, 0.15) is 0 Å². The van der Waals surface area contributed by atoms with Gasteiger partial charge in [-0.05, 0) is 31.7 Å². The average molecular weight is 406 g/mol. The van der Waals surface area contributed by atoms with Gasteiger partial charge < -0.3 is 5.32 Å². The summed E-state index contributed by atoms with van der Waals surface area (Å²) in [6, 6.07) is 0.808. The van der Waals surface area contributed by atoms with E-state index < -0.39 is 0 Å². The Hall–Kier alpha value is -0.0400. The summed E-state index contributed by atoms with van der Waals surface area (Å²) < 4.78 is 0. The molecule has 0 amide bonds. The molecule has 0 aromatic heterocycles. The molecule has 0 aromatic carbocycles. The molecule has 0 heterocycles. The Bertz CT molecular complexity index is 311. The van der Waals surface area contributed by atoms with Crippen LogP contribution in [0.2, 0.25) is 0 Å². The first kappa shape index (κ1) is 25.2. The summed E-state index contributed by atoms with van der Waals surface area (Å²) in [5.41, 5.74) is 0. The standard InChI is InChI=1S/C28H55N/c1-2-4-6-12-16-20-24-28(23-19-15-11-5-3-1)29-26-25-27-21-17-13-9-7-8-10-14-18-22-27/h27-29H,1-26H2. The molecular formula is C28H55N. The van der Waals surface area contributed by atoms with E-state index in [4.69, 9.17) is 0 Å². The quantitative estimate of drug-likeness (QED) is 0.491. The Morgan fingerprint density at radius 3 is 1.07 bits per heavy atom. The first-order valence-corrected chi connectivity index (χ1v) is 14.2. The molecule has 0 spiro atoms. The van der Waals surface area contributed by atoms with E-state index in [-0.39, 0.29) is 0 Å². The largest absolute Gasteiger partial charge is 0.314 e. The van der Waals surface area contributed by atoms with Crippen LogP contribution in [0.25, 0.3) is 0 Å². The first-order chi connectivity index (χ1) is 14.4. The summed E-state index contributed by atoms with van der Waals surface area (Å²) in [4.78, 5) is 0. The summed E-state index contributed by atoms with van der Waals surface area (Å²) in [5, 5.41) is 4.04. The minimum Gasteiger partial charge on any atom is -0.314 e. The summed E-state index contributed by atoms with van der Waals surface area (Å²) >= 11 is 0. The van der Waals surface area contributed by atoms with Crippen LogP contribution < -0.4 is 5.32 Å². The lowest BCUT2D eigenvalue weighted by atomic mass is 9.92. The average Bonchev–Trinajstić information content (AvgIpc) is 2.79. The van der Waals surface area contributed by atoms with Gasteiger partial charge in [0.15, 0.2) is 0 Å². The predicted octanol–water partition coefficient (Wildman–Crippen LogP) is 9.34. The third-order valence-electron chi connectivity index (χ3n) is 7.82. The molecule has 1 nitrogen and oxygen atoms in total. The summed E-state index contributed by atoms with van der Waals surface area (Å²) in [5.74, 6) is 1.00. The van der Waals surface area contributed by atoms with Crippen LogP contribution in [-0.2, 0) is 0 Å². The van der Waals surface area contributed by atoms with Gasteiger partial charge in [0.05, 0.1) is 0 Å². The second-order valence-corrected chi connectivity index (χ2v) is 10.5. The van der Waals surface area contributed by atoms with Crippen molar-refractivity contribution in [2.24, 2.45) is 5.92 Å². The van der Waals surface area contributed by atoms with Crippen LogP contribution in [0.3, 0.4) is 0 Å². The predicted molar refractivity (Wildman–Crippen MR) is 131 cm³/mol. The fraction of sp³-hybridized carbons (Fsp3) is 1.00. The highest BCUT2D eigenvalue weighted by Gasteiger charge is 2.12. The number of hydrogen-bond donors (Lipinski definition) is 1. The first-order valence-electron chi connectivity index (χ1n) is 14.2. The van der Waals surface area contributed by atoms with Gasteiger partial charge in [-0.15, -0.1) is 0 Å². The van der Waals surface area contributed by atoms with E-state index in [0.717, 1.165) is 12.0 Å². The Morgan fingerprint density at radius 2 is 0.690 bits per heavy atom. The van der Waals surface area contributed by atoms with E-state index in [2.05, 4.69) is 5.32 Å². The van der Waals surface area contributed by atoms with Gasteiger partial charge >= 0.3 is 0 Å². The SMILES string of the molecule is C1CCCCCCCC(NCCC2CCCCCCCCCC2)CCCCCC1. The van der Waals surface area contributed by atoms with E-state index in [9.17, 15) is 0 Å². The Kier molecular flexibility index (Phi) is 16.3. The highest BCUT2D eigenvalue weighted by atomic mass is 14.9. The Morgan fingerprint density at radius 1 is 0.379 bits per heavy atom. The van der Waals surface area contributed by atoms with Gasteiger partial charge in [0.2, 0.25) is 0 Å². The zero-order valence-electron chi connectivity index (χ0n) is 20.0. The molecular weight excluding hydrogens is 350 g/mol. The van der Waals surface area contributed by atoms with Gasteiger partial charge in [-0.1, -0.05) is 141 Å². The van der Waals surface area contributed by atoms with Crippen molar-refractivity contribution < 1.29 is 0 Å². The van der Waals surface area contributed by atoms with E-state index in [1.807, 2.05) is 0 Å². The summed E-state index contributed by atoms with van der Waals surface area (Å²) in [6.07, 6.45) is 37.0. The lowest BCUT2D eigenvalue weighted by Crippen LogP contribution is -2.31. The van der Waals surface area contributed by atoms with Crippen LogP contribution in [-0.4, -0.2) is 12.6 Å². The molecule has 0 radical (unpaired) electrons. The highest BCUT2D eigenvalue weighted by Crippen LogP contribution is 2.24. The van der Waals surface area contributed by atoms with Crippen molar-refractivity contribution in [1.82, 2.24) is 5.32 Å². The van der Waals surface area contributed by atoms with E-state index in [0.29, 0.717) is 0 Å². The van der Waals surface area contributed by atoms with Crippen LogP contribution in [0.4, 0.5) is 0 Å². The molecule has 29 heavy (non-hydrogen) atoms. The Labute approximate surface area is 184 Å². The zero-order valence-corrected chi connectivity index (χ0v) is 20.0. The smallest absolute Gasteiger partial charge is 0.00670 e. The van der Waals surface area contributed by atoms with Crippen molar-refractivity contribution in [2.45, 2.75) is 167 Å². The molecule has 0 saturated heterocycles. The van der Waals surface area contributed by atoms with Crippen molar-refractivity contribution in [3.8, 4) is 0 Å². The van der Waals surface area contributed by atoms with Crippen molar-refractivity contribution in [1.29, 1.82) is 0 Å². The van der Waals surface area contributed by atoms with Gasteiger partial charge in [-0.25, -0.2) is 0 Å². The van der Waals surface area contributed by atoms with Crippen LogP contribution in [0.1, 0.15) is 161 Å². The fourth-order valence-corrected chi connectivity index (χ4v) is 5.75. The van der Waals surface area contributed by atoms with Gasteiger partial charge in [-0.3, -0.25) is 0 Å². The maximum absolute atomic E-state index is 4.04. The summed E-state index contributed by atoms with van der Waals surface area (Å²) in [6.45, 7) is 1.29. The van der Waals surface area contributed by atoms with Crippen molar-refractivity contribution in [2.75, 3.05) is 6.54 Å².